The Morgan fingerprint density at radius 3 is 2.54 bits per heavy atom. The predicted molar refractivity (Wildman–Crippen MR) is 137 cm³/mol. The van der Waals surface area contributed by atoms with Crippen LogP contribution in [-0.2, 0) is 34.3 Å². The molecule has 190 valence electrons. The molecule has 2 fully saturated rings. The molecule has 37 heavy (non-hydrogen) atoms. The summed E-state index contributed by atoms with van der Waals surface area (Å²) in [6, 6.07) is 15.5. The van der Waals surface area contributed by atoms with E-state index in [-0.39, 0.29) is 18.2 Å². The molecule has 4 heterocycles. The van der Waals surface area contributed by atoms with Gasteiger partial charge in [-0.05, 0) is 49.3 Å². The van der Waals surface area contributed by atoms with E-state index in [0.29, 0.717) is 24.4 Å². The fourth-order valence-electron chi connectivity index (χ4n) is 5.85. The van der Waals surface area contributed by atoms with Crippen LogP contribution in [0.15, 0.2) is 48.5 Å². The zero-order valence-corrected chi connectivity index (χ0v) is 20.9. The third kappa shape index (κ3) is 4.35. The number of piperidine rings is 1. The van der Waals surface area contributed by atoms with Crippen LogP contribution in [0.3, 0.4) is 0 Å². The molecule has 3 aliphatic heterocycles. The first-order chi connectivity index (χ1) is 18.0. The number of aromatic nitrogens is 2. The van der Waals surface area contributed by atoms with Gasteiger partial charge in [0.15, 0.2) is 0 Å². The Balaban J connectivity index is 1.34. The Labute approximate surface area is 215 Å². The number of imidazole rings is 1. The van der Waals surface area contributed by atoms with Crippen LogP contribution in [0.5, 0.6) is 0 Å². The first kappa shape index (κ1) is 23.6. The molecule has 1 unspecified atom stereocenters. The number of amides is 3. The Morgan fingerprint density at radius 1 is 1.00 bits per heavy atom. The minimum Gasteiger partial charge on any atom is -0.381 e. The van der Waals surface area contributed by atoms with Crippen LogP contribution in [0, 0.1) is 5.92 Å². The second kappa shape index (κ2) is 9.59. The molecule has 0 aliphatic carbocycles. The molecular weight excluding hydrogens is 468 g/mol. The van der Waals surface area contributed by atoms with E-state index in [1.807, 2.05) is 43.4 Å². The summed E-state index contributed by atoms with van der Waals surface area (Å²) in [6.07, 6.45) is 3.57. The first-order valence-corrected chi connectivity index (χ1v) is 13.0. The van der Waals surface area contributed by atoms with Gasteiger partial charge in [-0.2, -0.15) is 0 Å². The molecular formula is C29H30N4O4. The molecule has 0 radical (unpaired) electrons. The van der Waals surface area contributed by atoms with Crippen molar-refractivity contribution in [2.45, 2.75) is 44.7 Å². The van der Waals surface area contributed by atoms with Gasteiger partial charge in [-0.25, -0.2) is 4.98 Å². The lowest BCUT2D eigenvalue weighted by atomic mass is 9.93. The maximum absolute atomic E-state index is 13.1. The van der Waals surface area contributed by atoms with Crippen molar-refractivity contribution in [1.82, 2.24) is 19.8 Å². The van der Waals surface area contributed by atoms with Crippen LogP contribution in [0.1, 0.15) is 47.3 Å². The van der Waals surface area contributed by atoms with Crippen molar-refractivity contribution >= 4 is 17.7 Å². The smallest absolute Gasteiger partial charge is 0.255 e. The van der Waals surface area contributed by atoms with Crippen LogP contribution in [0.4, 0.5) is 0 Å². The molecule has 1 atom stereocenters. The SMILES string of the molecule is Cn1c(-c2ccc3c(c2)CN(C2CCC(=O)NC2=O)C3=O)nc(CC2CCOCC2)c1-c1ccccc1. The van der Waals surface area contributed by atoms with Crippen molar-refractivity contribution < 1.29 is 19.1 Å². The number of nitrogens with one attached hydrogen (secondary N) is 1. The standard InChI is InChI=1S/C29H30N4O4/c1-32-26(19-5-3-2-4-6-19)23(15-18-11-13-37-14-12-18)30-27(32)20-7-8-22-21(16-20)17-33(29(22)36)24-9-10-25(34)31-28(24)35/h2-8,16,18,24H,9-15,17H2,1H3,(H,31,34,35). The zero-order chi connectivity index (χ0) is 25.5. The maximum atomic E-state index is 13.1. The van der Waals surface area contributed by atoms with Crippen molar-refractivity contribution in [3.8, 4) is 22.6 Å². The molecule has 6 rings (SSSR count). The fourth-order valence-corrected chi connectivity index (χ4v) is 5.85. The Hall–Kier alpha value is -3.78. The monoisotopic (exact) mass is 498 g/mol. The van der Waals surface area contributed by atoms with Gasteiger partial charge in [0.05, 0.1) is 11.4 Å². The first-order valence-electron chi connectivity index (χ1n) is 13.0. The molecule has 3 aromatic rings. The van der Waals surface area contributed by atoms with Gasteiger partial charge in [0, 0.05) is 49.9 Å². The van der Waals surface area contributed by atoms with Crippen LogP contribution >= 0.6 is 0 Å². The molecule has 1 aromatic heterocycles. The van der Waals surface area contributed by atoms with Crippen molar-refractivity contribution in [3.63, 3.8) is 0 Å². The molecule has 0 bridgehead atoms. The van der Waals surface area contributed by atoms with Gasteiger partial charge in [-0.3, -0.25) is 19.7 Å². The summed E-state index contributed by atoms with van der Waals surface area (Å²) < 4.78 is 7.72. The Kier molecular flexibility index (Phi) is 6.12. The lowest BCUT2D eigenvalue weighted by Gasteiger charge is -2.29. The molecule has 3 aliphatic rings. The van der Waals surface area contributed by atoms with Gasteiger partial charge < -0.3 is 14.2 Å². The van der Waals surface area contributed by atoms with Gasteiger partial charge in [0.2, 0.25) is 11.8 Å². The molecule has 2 saturated heterocycles. The number of ether oxygens (including phenoxy) is 1. The number of hydrogen-bond donors (Lipinski definition) is 1. The Morgan fingerprint density at radius 2 is 1.78 bits per heavy atom. The highest BCUT2D eigenvalue weighted by Gasteiger charge is 2.39. The summed E-state index contributed by atoms with van der Waals surface area (Å²) in [5, 5.41) is 2.36. The number of benzene rings is 2. The molecule has 8 heteroatoms. The summed E-state index contributed by atoms with van der Waals surface area (Å²) in [6.45, 7) is 1.94. The van der Waals surface area contributed by atoms with Crippen molar-refractivity contribution in [2.75, 3.05) is 13.2 Å². The van der Waals surface area contributed by atoms with Crippen molar-refractivity contribution in [2.24, 2.45) is 13.0 Å². The van der Waals surface area contributed by atoms with E-state index in [1.165, 1.54) is 0 Å². The van der Waals surface area contributed by atoms with Crippen LogP contribution < -0.4 is 5.32 Å². The minimum atomic E-state index is -0.620. The van der Waals surface area contributed by atoms with Crippen molar-refractivity contribution in [1.29, 1.82) is 0 Å². The Bertz CT molecular complexity index is 1370. The largest absolute Gasteiger partial charge is 0.381 e. The number of carbonyl (C=O) groups excluding carboxylic acids is 3. The zero-order valence-electron chi connectivity index (χ0n) is 20.9. The van der Waals surface area contributed by atoms with Crippen LogP contribution in [0.2, 0.25) is 0 Å². The van der Waals surface area contributed by atoms with E-state index in [4.69, 9.17) is 9.72 Å². The highest BCUT2D eigenvalue weighted by atomic mass is 16.5. The predicted octanol–water partition coefficient (Wildman–Crippen LogP) is 3.48. The van der Waals surface area contributed by atoms with Gasteiger partial charge in [-0.1, -0.05) is 36.4 Å². The van der Waals surface area contributed by atoms with Gasteiger partial charge >= 0.3 is 0 Å². The molecule has 0 spiro atoms. The maximum Gasteiger partial charge on any atom is 0.255 e. The van der Waals surface area contributed by atoms with E-state index in [1.54, 1.807) is 4.90 Å². The van der Waals surface area contributed by atoms with E-state index in [0.717, 1.165) is 66.4 Å². The highest BCUT2D eigenvalue weighted by Crippen LogP contribution is 2.35. The number of hydrogen-bond acceptors (Lipinski definition) is 5. The van der Waals surface area contributed by atoms with Crippen LogP contribution in [0.25, 0.3) is 22.6 Å². The molecule has 1 N–H and O–H groups in total. The van der Waals surface area contributed by atoms with Crippen molar-refractivity contribution in [3.05, 3.63) is 65.4 Å². The summed E-state index contributed by atoms with van der Waals surface area (Å²) in [5.74, 6) is 0.551. The highest BCUT2D eigenvalue weighted by molar-refractivity contribution is 6.05. The number of fused-ring (bicyclic) bond motifs is 1. The normalized spacial score (nSPS) is 20.3. The molecule has 0 saturated carbocycles. The molecule has 8 nitrogen and oxygen atoms in total. The van der Waals surface area contributed by atoms with E-state index in [9.17, 15) is 14.4 Å². The molecule has 2 aromatic carbocycles. The number of carbonyl (C=O) groups is 3. The van der Waals surface area contributed by atoms with E-state index in [2.05, 4.69) is 22.0 Å². The second-order valence-corrected chi connectivity index (χ2v) is 10.2. The lowest BCUT2D eigenvalue weighted by molar-refractivity contribution is -0.136. The van der Waals surface area contributed by atoms with Gasteiger partial charge in [0.25, 0.3) is 5.91 Å². The third-order valence-electron chi connectivity index (χ3n) is 7.82. The number of imide groups is 1. The summed E-state index contributed by atoms with van der Waals surface area (Å²) in [4.78, 5) is 43.8. The summed E-state index contributed by atoms with van der Waals surface area (Å²) >= 11 is 0. The number of rotatable bonds is 5. The molecule has 3 amide bonds. The van der Waals surface area contributed by atoms with Crippen LogP contribution in [-0.4, -0.2) is 51.4 Å². The van der Waals surface area contributed by atoms with Gasteiger partial charge in [0.1, 0.15) is 11.9 Å². The van der Waals surface area contributed by atoms with E-state index >= 15 is 0 Å². The fraction of sp³-hybridized carbons (Fsp3) is 0.379. The average Bonchev–Trinajstić information content (AvgIpc) is 3.41. The quantitative estimate of drug-likeness (QED) is 0.544. The summed E-state index contributed by atoms with van der Waals surface area (Å²) in [5.41, 5.74) is 5.75. The van der Waals surface area contributed by atoms with Gasteiger partial charge in [-0.15, -0.1) is 0 Å². The number of nitrogens with zero attached hydrogens (tertiary/aromatic N) is 3. The second-order valence-electron chi connectivity index (χ2n) is 10.2. The minimum absolute atomic E-state index is 0.166. The lowest BCUT2D eigenvalue weighted by Crippen LogP contribution is -2.52. The summed E-state index contributed by atoms with van der Waals surface area (Å²) in [7, 11) is 2.05. The third-order valence-corrected chi connectivity index (χ3v) is 7.82. The topological polar surface area (TPSA) is 93.5 Å². The average molecular weight is 499 g/mol. The van der Waals surface area contributed by atoms with E-state index < -0.39 is 11.9 Å².